The zero-order valence-electron chi connectivity index (χ0n) is 14.5. The standard InChI is InChI=1S/C17H19ClN4O2S2/c1-3-19-14(23)12-9-6-4-5-7-11(9)26-16(12)22-15(24)13-10(18)8-20-17(21-13)25-2/h8H,3-7H2,1-2H3,(H,19,23)(H,22,24). The van der Waals surface area contributed by atoms with Gasteiger partial charge in [-0.2, -0.15) is 0 Å². The van der Waals surface area contributed by atoms with Crippen LogP contribution in [0.5, 0.6) is 0 Å². The summed E-state index contributed by atoms with van der Waals surface area (Å²) in [6, 6.07) is 0. The number of aromatic nitrogens is 2. The summed E-state index contributed by atoms with van der Waals surface area (Å²) in [7, 11) is 0. The number of fused-ring (bicyclic) bond motifs is 1. The number of hydrogen-bond acceptors (Lipinski definition) is 6. The van der Waals surface area contributed by atoms with Crippen molar-refractivity contribution in [1.29, 1.82) is 0 Å². The molecule has 0 fully saturated rings. The van der Waals surface area contributed by atoms with E-state index in [4.69, 9.17) is 11.6 Å². The number of rotatable bonds is 5. The molecule has 2 N–H and O–H groups in total. The van der Waals surface area contributed by atoms with Gasteiger partial charge in [-0.25, -0.2) is 9.97 Å². The lowest BCUT2D eigenvalue weighted by Gasteiger charge is -2.13. The highest BCUT2D eigenvalue weighted by molar-refractivity contribution is 7.98. The predicted octanol–water partition coefficient (Wildman–Crippen LogP) is 3.79. The van der Waals surface area contributed by atoms with Crippen LogP contribution < -0.4 is 10.6 Å². The van der Waals surface area contributed by atoms with E-state index in [-0.39, 0.29) is 16.6 Å². The number of aryl methyl sites for hydroxylation is 1. The van der Waals surface area contributed by atoms with Crippen molar-refractivity contribution in [3.05, 3.63) is 32.9 Å². The molecular formula is C17H19ClN4O2S2. The summed E-state index contributed by atoms with van der Waals surface area (Å²) in [5.41, 5.74) is 1.75. The van der Waals surface area contributed by atoms with Gasteiger partial charge < -0.3 is 10.6 Å². The van der Waals surface area contributed by atoms with Crippen LogP contribution in [0.25, 0.3) is 0 Å². The van der Waals surface area contributed by atoms with Crippen LogP contribution in [0.2, 0.25) is 5.02 Å². The lowest BCUT2D eigenvalue weighted by atomic mass is 9.95. The topological polar surface area (TPSA) is 84.0 Å². The molecule has 138 valence electrons. The van der Waals surface area contributed by atoms with Crippen molar-refractivity contribution < 1.29 is 9.59 Å². The molecule has 2 aromatic rings. The second kappa shape index (κ2) is 8.37. The molecule has 0 spiro atoms. The summed E-state index contributed by atoms with van der Waals surface area (Å²) in [5.74, 6) is -0.586. The number of hydrogen-bond donors (Lipinski definition) is 2. The van der Waals surface area contributed by atoms with E-state index in [1.807, 2.05) is 13.2 Å². The van der Waals surface area contributed by atoms with E-state index in [9.17, 15) is 9.59 Å². The van der Waals surface area contributed by atoms with Gasteiger partial charge in [0.1, 0.15) is 5.00 Å². The van der Waals surface area contributed by atoms with Gasteiger partial charge in [0.25, 0.3) is 11.8 Å². The van der Waals surface area contributed by atoms with Crippen LogP contribution in [0, 0.1) is 0 Å². The zero-order chi connectivity index (χ0) is 18.7. The van der Waals surface area contributed by atoms with Crippen LogP contribution in [-0.4, -0.2) is 34.6 Å². The lowest BCUT2D eigenvalue weighted by Crippen LogP contribution is -2.25. The fourth-order valence-electron chi connectivity index (χ4n) is 2.91. The van der Waals surface area contributed by atoms with Gasteiger partial charge >= 0.3 is 0 Å². The first kappa shape index (κ1) is 19.1. The maximum atomic E-state index is 12.7. The third-order valence-electron chi connectivity index (χ3n) is 4.08. The smallest absolute Gasteiger partial charge is 0.276 e. The number of carbonyl (C=O) groups is 2. The highest BCUT2D eigenvalue weighted by atomic mass is 35.5. The van der Waals surface area contributed by atoms with E-state index in [2.05, 4.69) is 20.6 Å². The fraction of sp³-hybridized carbons (Fsp3) is 0.412. The Bertz CT molecular complexity index is 854. The second-order valence-corrected chi connectivity index (χ2v) is 8.07. The fourth-order valence-corrected chi connectivity index (χ4v) is 4.71. The van der Waals surface area contributed by atoms with E-state index in [0.717, 1.165) is 31.2 Å². The number of anilines is 1. The average Bonchev–Trinajstić information content (AvgIpc) is 3.00. The van der Waals surface area contributed by atoms with Crippen molar-refractivity contribution in [3.63, 3.8) is 0 Å². The Balaban J connectivity index is 1.95. The van der Waals surface area contributed by atoms with E-state index in [1.165, 1.54) is 34.2 Å². The molecule has 0 unspecified atom stereocenters. The first-order valence-corrected chi connectivity index (χ1v) is 10.8. The minimum atomic E-state index is -0.433. The summed E-state index contributed by atoms with van der Waals surface area (Å²) in [6.45, 7) is 2.41. The van der Waals surface area contributed by atoms with Gasteiger partial charge in [-0.15, -0.1) is 11.3 Å². The Kier molecular flexibility index (Phi) is 6.16. The minimum Gasteiger partial charge on any atom is -0.352 e. The molecule has 0 atom stereocenters. The van der Waals surface area contributed by atoms with Crippen LogP contribution in [-0.2, 0) is 12.8 Å². The molecule has 0 aliphatic heterocycles. The van der Waals surface area contributed by atoms with Crippen LogP contribution in [0.4, 0.5) is 5.00 Å². The van der Waals surface area contributed by atoms with E-state index in [0.29, 0.717) is 22.3 Å². The largest absolute Gasteiger partial charge is 0.352 e. The summed E-state index contributed by atoms with van der Waals surface area (Å²) in [4.78, 5) is 34.7. The number of halogens is 1. The maximum absolute atomic E-state index is 12.7. The summed E-state index contributed by atoms with van der Waals surface area (Å²) in [6.07, 6.45) is 7.19. The van der Waals surface area contributed by atoms with Crippen LogP contribution >= 0.6 is 34.7 Å². The number of nitrogens with one attached hydrogen (secondary N) is 2. The number of thioether (sulfide) groups is 1. The van der Waals surface area contributed by atoms with Crippen LogP contribution in [0.15, 0.2) is 11.4 Å². The maximum Gasteiger partial charge on any atom is 0.276 e. The van der Waals surface area contributed by atoms with Gasteiger partial charge in [0.15, 0.2) is 10.9 Å². The summed E-state index contributed by atoms with van der Waals surface area (Å²) >= 11 is 8.90. The van der Waals surface area contributed by atoms with E-state index in [1.54, 1.807) is 0 Å². The monoisotopic (exact) mass is 410 g/mol. The Morgan fingerprint density at radius 1 is 1.31 bits per heavy atom. The number of amides is 2. The van der Waals surface area contributed by atoms with Gasteiger partial charge in [0.05, 0.1) is 16.8 Å². The van der Waals surface area contributed by atoms with Crippen molar-refractivity contribution >= 4 is 51.5 Å². The van der Waals surface area contributed by atoms with Crippen molar-refractivity contribution in [2.45, 2.75) is 37.8 Å². The predicted molar refractivity (Wildman–Crippen MR) is 106 cm³/mol. The molecule has 3 rings (SSSR count). The van der Waals surface area contributed by atoms with Gasteiger partial charge in [-0.3, -0.25) is 9.59 Å². The zero-order valence-corrected chi connectivity index (χ0v) is 16.9. The summed E-state index contributed by atoms with van der Waals surface area (Å²) < 4.78 is 0. The molecule has 2 amide bonds. The van der Waals surface area contributed by atoms with Gasteiger partial charge in [-0.1, -0.05) is 23.4 Å². The first-order chi connectivity index (χ1) is 12.5. The van der Waals surface area contributed by atoms with Crippen molar-refractivity contribution in [1.82, 2.24) is 15.3 Å². The summed E-state index contributed by atoms with van der Waals surface area (Å²) in [5, 5.41) is 6.90. The normalized spacial score (nSPS) is 13.2. The molecule has 0 saturated carbocycles. The van der Waals surface area contributed by atoms with Crippen molar-refractivity contribution in [2.24, 2.45) is 0 Å². The number of carbonyl (C=O) groups excluding carboxylic acids is 2. The molecule has 2 aromatic heterocycles. The molecule has 0 saturated heterocycles. The SMILES string of the molecule is CCNC(=O)c1c(NC(=O)c2nc(SC)ncc2Cl)sc2c1CCCC2. The number of nitrogens with zero attached hydrogens (tertiary/aromatic N) is 2. The Morgan fingerprint density at radius 3 is 2.81 bits per heavy atom. The third kappa shape index (κ3) is 3.87. The van der Waals surface area contributed by atoms with Crippen molar-refractivity contribution in [3.8, 4) is 0 Å². The Hall–Kier alpha value is -1.64. The Labute approximate surface area is 165 Å². The molecule has 9 heteroatoms. The second-order valence-electron chi connectivity index (χ2n) is 5.78. The third-order valence-corrected chi connectivity index (χ3v) is 6.13. The molecule has 2 heterocycles. The average molecular weight is 411 g/mol. The highest BCUT2D eigenvalue weighted by Crippen LogP contribution is 2.38. The Morgan fingerprint density at radius 2 is 2.08 bits per heavy atom. The van der Waals surface area contributed by atoms with Gasteiger partial charge in [0.2, 0.25) is 0 Å². The molecule has 1 aliphatic carbocycles. The van der Waals surface area contributed by atoms with E-state index < -0.39 is 5.91 Å². The van der Waals surface area contributed by atoms with Crippen LogP contribution in [0.3, 0.4) is 0 Å². The molecular weight excluding hydrogens is 392 g/mol. The van der Waals surface area contributed by atoms with Gasteiger partial charge in [-0.05, 0) is 44.4 Å². The van der Waals surface area contributed by atoms with Crippen LogP contribution in [0.1, 0.15) is 51.1 Å². The molecule has 1 aliphatic rings. The van der Waals surface area contributed by atoms with E-state index >= 15 is 0 Å². The molecule has 0 bridgehead atoms. The lowest BCUT2D eigenvalue weighted by molar-refractivity contribution is 0.0956. The molecule has 6 nitrogen and oxygen atoms in total. The molecule has 26 heavy (non-hydrogen) atoms. The highest BCUT2D eigenvalue weighted by Gasteiger charge is 2.27. The first-order valence-electron chi connectivity index (χ1n) is 8.35. The number of thiophene rings is 1. The van der Waals surface area contributed by atoms with Crippen molar-refractivity contribution in [2.75, 3.05) is 18.1 Å². The van der Waals surface area contributed by atoms with Gasteiger partial charge in [0, 0.05) is 11.4 Å². The molecule has 0 radical (unpaired) electrons. The molecule has 0 aromatic carbocycles. The quantitative estimate of drug-likeness (QED) is 0.578. The minimum absolute atomic E-state index is 0.110.